The van der Waals surface area contributed by atoms with Gasteiger partial charge in [-0.25, -0.2) is 0 Å². The third-order valence-electron chi connectivity index (χ3n) is 7.53. The molecule has 0 aliphatic carbocycles. The van der Waals surface area contributed by atoms with E-state index in [1.807, 2.05) is 7.11 Å². The van der Waals surface area contributed by atoms with Crippen LogP contribution in [-0.2, 0) is 17.7 Å². The summed E-state index contributed by atoms with van der Waals surface area (Å²) in [7, 11) is 1.82. The topological polar surface area (TPSA) is 61.7 Å². The van der Waals surface area contributed by atoms with Crippen molar-refractivity contribution < 1.29 is 9.84 Å². The number of hydrogen-bond acceptors (Lipinski definition) is 6. The molecule has 1 N–H and O–H groups in total. The minimum Gasteiger partial charge on any atom is -0.479 e. The first-order chi connectivity index (χ1) is 14.9. The lowest BCUT2D eigenvalue weighted by atomic mass is 9.96. The summed E-state index contributed by atoms with van der Waals surface area (Å²) in [6.07, 6.45) is 5.57. The van der Waals surface area contributed by atoms with Gasteiger partial charge in [-0.2, -0.15) is 9.97 Å². The summed E-state index contributed by atoms with van der Waals surface area (Å²) in [5.41, 5.74) is 6.16. The number of methoxy groups -OCH3 is 1. The third kappa shape index (κ3) is 3.65. The van der Waals surface area contributed by atoms with E-state index in [9.17, 15) is 5.11 Å². The Hall–Kier alpha value is -2.34. The lowest BCUT2D eigenvalue weighted by Gasteiger charge is -2.41. The van der Waals surface area contributed by atoms with Crippen LogP contribution in [0.3, 0.4) is 0 Å². The van der Waals surface area contributed by atoms with Crippen molar-refractivity contribution in [1.82, 2.24) is 9.97 Å². The fraction of sp³-hybridized carbons (Fsp3) is 0.600. The average Bonchev–Trinajstić information content (AvgIpc) is 3.02. The summed E-state index contributed by atoms with van der Waals surface area (Å²) in [5, 5.41) is 10.3. The van der Waals surface area contributed by atoms with Crippen LogP contribution in [-0.4, -0.2) is 46.9 Å². The number of hydrogen-bond donors (Lipinski definition) is 1. The first kappa shape index (κ1) is 20.6. The number of aromatic nitrogens is 2. The number of rotatable bonds is 4. The van der Waals surface area contributed by atoms with Crippen molar-refractivity contribution in [3.8, 4) is 6.01 Å². The monoisotopic (exact) mass is 422 g/mol. The first-order valence-electron chi connectivity index (χ1n) is 11.7. The van der Waals surface area contributed by atoms with Crippen LogP contribution < -0.4 is 9.80 Å². The minimum absolute atomic E-state index is 0.0894. The van der Waals surface area contributed by atoms with Gasteiger partial charge in [-0.05, 0) is 55.7 Å². The van der Waals surface area contributed by atoms with Crippen LogP contribution in [0.15, 0.2) is 18.2 Å². The molecule has 4 heterocycles. The molecule has 2 saturated heterocycles. The zero-order valence-electron chi connectivity index (χ0n) is 19.1. The molecule has 3 aliphatic heterocycles. The maximum atomic E-state index is 10.3. The molecule has 3 aliphatic rings. The minimum atomic E-state index is -0.0894. The number of aromatic hydroxyl groups is 1. The number of nitrogens with zero attached hydrogens (tertiary/aromatic N) is 4. The van der Waals surface area contributed by atoms with Crippen molar-refractivity contribution in [1.29, 1.82) is 0 Å². The van der Waals surface area contributed by atoms with E-state index in [1.54, 1.807) is 0 Å². The highest BCUT2D eigenvalue weighted by Crippen LogP contribution is 2.43. The van der Waals surface area contributed by atoms with E-state index in [0.717, 1.165) is 43.9 Å². The summed E-state index contributed by atoms with van der Waals surface area (Å²) in [6.45, 7) is 8.38. The molecule has 1 aromatic heterocycles. The van der Waals surface area contributed by atoms with Crippen molar-refractivity contribution in [2.24, 2.45) is 0 Å². The molecule has 3 atom stereocenters. The van der Waals surface area contributed by atoms with Gasteiger partial charge in [0.2, 0.25) is 0 Å². The van der Waals surface area contributed by atoms with Crippen LogP contribution in [0.25, 0.3) is 0 Å². The van der Waals surface area contributed by atoms with Crippen LogP contribution in [0.4, 0.5) is 11.5 Å². The number of piperidine rings is 1. The normalized spacial score (nSPS) is 25.3. The Morgan fingerprint density at radius 3 is 2.55 bits per heavy atom. The van der Waals surface area contributed by atoms with Crippen molar-refractivity contribution in [3.63, 3.8) is 0 Å². The summed E-state index contributed by atoms with van der Waals surface area (Å²) >= 11 is 0. The van der Waals surface area contributed by atoms with Crippen molar-refractivity contribution >= 4 is 11.5 Å². The lowest BCUT2D eigenvalue weighted by molar-refractivity contribution is 0.0681. The van der Waals surface area contributed by atoms with Gasteiger partial charge in [0.1, 0.15) is 5.82 Å². The summed E-state index contributed by atoms with van der Waals surface area (Å²) in [6, 6.07) is 7.61. The Morgan fingerprint density at radius 2 is 1.87 bits per heavy atom. The van der Waals surface area contributed by atoms with E-state index in [0.29, 0.717) is 24.1 Å². The lowest BCUT2D eigenvalue weighted by Crippen LogP contribution is -2.47. The van der Waals surface area contributed by atoms with Gasteiger partial charge in [-0.15, -0.1) is 0 Å². The number of aryl methyl sites for hydroxylation is 1. The molecule has 0 saturated carbocycles. The van der Waals surface area contributed by atoms with E-state index in [2.05, 4.69) is 58.7 Å². The highest BCUT2D eigenvalue weighted by molar-refractivity contribution is 5.61. The van der Waals surface area contributed by atoms with Crippen molar-refractivity contribution in [2.75, 3.05) is 23.5 Å². The number of ether oxygens (including phenoxy) is 1. The highest BCUT2D eigenvalue weighted by Gasteiger charge is 2.43. The Labute approximate surface area is 185 Å². The van der Waals surface area contributed by atoms with E-state index in [-0.39, 0.29) is 6.01 Å². The van der Waals surface area contributed by atoms with Crippen molar-refractivity contribution in [3.05, 3.63) is 40.6 Å². The predicted molar refractivity (Wildman–Crippen MR) is 123 cm³/mol. The van der Waals surface area contributed by atoms with E-state index in [4.69, 9.17) is 4.74 Å². The second kappa shape index (κ2) is 7.97. The first-order valence-corrected chi connectivity index (χ1v) is 11.7. The van der Waals surface area contributed by atoms with Gasteiger partial charge in [-0.1, -0.05) is 26.0 Å². The molecule has 2 fully saturated rings. The Kier molecular flexibility index (Phi) is 5.29. The van der Waals surface area contributed by atoms with Gasteiger partial charge in [-0.3, -0.25) is 0 Å². The van der Waals surface area contributed by atoms with Crippen LogP contribution in [0.5, 0.6) is 6.01 Å². The fourth-order valence-electron chi connectivity index (χ4n) is 5.79. The van der Waals surface area contributed by atoms with Crippen LogP contribution in [0.2, 0.25) is 0 Å². The molecule has 0 radical (unpaired) electrons. The SMILES string of the molecule is CO[C@H]1C[C@H]2CC[C@@H](C1)N2c1nc(O)nc2c1CN(c1cc(C(C)C)ccc1C)CC2. The molecule has 2 bridgehead atoms. The predicted octanol–water partition coefficient (Wildman–Crippen LogP) is 4.32. The van der Waals surface area contributed by atoms with Crippen molar-refractivity contribution in [2.45, 2.75) is 83.5 Å². The molecule has 0 unspecified atom stereocenters. The Balaban J connectivity index is 1.50. The molecule has 0 spiro atoms. The quantitative estimate of drug-likeness (QED) is 0.792. The molecule has 6 heteroatoms. The smallest absolute Gasteiger partial charge is 0.316 e. The second-order valence-corrected chi connectivity index (χ2v) is 9.77. The van der Waals surface area contributed by atoms with E-state index in [1.165, 1.54) is 35.2 Å². The zero-order valence-corrected chi connectivity index (χ0v) is 19.1. The molecular weight excluding hydrogens is 388 g/mol. The summed E-state index contributed by atoms with van der Waals surface area (Å²) in [5.74, 6) is 1.46. The molecule has 2 aromatic rings. The molecule has 31 heavy (non-hydrogen) atoms. The average molecular weight is 423 g/mol. The molecular formula is C25H34N4O2. The summed E-state index contributed by atoms with van der Waals surface area (Å²) in [4.78, 5) is 14.0. The molecule has 0 amide bonds. The van der Waals surface area contributed by atoms with Gasteiger partial charge in [0.25, 0.3) is 0 Å². The Morgan fingerprint density at radius 1 is 1.13 bits per heavy atom. The standard InChI is InChI=1S/C25H34N4O2/c1-15(2)17-6-5-16(3)23(11-17)28-10-9-22-21(14-28)24(27-25(30)26-22)29-18-7-8-19(29)13-20(12-18)31-4/h5-6,11,15,18-20H,7-10,12-14H2,1-4H3,(H,26,27,30)/t18-,19+,20+. The van der Waals surface area contributed by atoms with Crippen LogP contribution >= 0.6 is 0 Å². The Bertz CT molecular complexity index is 962. The fourth-order valence-corrected chi connectivity index (χ4v) is 5.79. The number of fused-ring (bicyclic) bond motifs is 3. The molecule has 166 valence electrons. The van der Waals surface area contributed by atoms with Crippen LogP contribution in [0, 0.1) is 6.92 Å². The van der Waals surface area contributed by atoms with Gasteiger partial charge in [0.05, 0.1) is 11.8 Å². The number of benzene rings is 1. The molecule has 6 nitrogen and oxygen atoms in total. The van der Waals surface area contributed by atoms with E-state index < -0.39 is 0 Å². The van der Waals surface area contributed by atoms with Gasteiger partial charge in [0, 0.05) is 50.0 Å². The second-order valence-electron chi connectivity index (χ2n) is 9.77. The van der Waals surface area contributed by atoms with Crippen LogP contribution in [0.1, 0.15) is 67.8 Å². The maximum absolute atomic E-state index is 10.3. The zero-order chi connectivity index (χ0) is 21.7. The number of anilines is 2. The third-order valence-corrected chi connectivity index (χ3v) is 7.53. The summed E-state index contributed by atoms with van der Waals surface area (Å²) < 4.78 is 5.69. The van der Waals surface area contributed by atoms with Gasteiger partial charge in [0.15, 0.2) is 0 Å². The largest absolute Gasteiger partial charge is 0.479 e. The van der Waals surface area contributed by atoms with Gasteiger partial charge >= 0.3 is 6.01 Å². The molecule has 1 aromatic carbocycles. The maximum Gasteiger partial charge on any atom is 0.316 e. The highest BCUT2D eigenvalue weighted by atomic mass is 16.5. The van der Waals surface area contributed by atoms with Gasteiger partial charge < -0.3 is 19.6 Å². The molecule has 5 rings (SSSR count). The van der Waals surface area contributed by atoms with E-state index >= 15 is 0 Å².